The zero-order chi connectivity index (χ0) is 12.8. The van der Waals surface area contributed by atoms with Gasteiger partial charge in [0, 0.05) is 6.20 Å². The zero-order valence-electron chi connectivity index (χ0n) is 11.0. The van der Waals surface area contributed by atoms with E-state index >= 15 is 0 Å². The standard InChI is InChI=1S/C13H24N4O/c14-9-5-2-6-12-10-17(16-15-12)11-13(18)7-3-1-4-8-13/h10,18H,1-9,11,14H2. The summed E-state index contributed by atoms with van der Waals surface area (Å²) in [5.74, 6) is 0. The molecule has 0 atom stereocenters. The number of rotatable bonds is 6. The lowest BCUT2D eigenvalue weighted by Crippen LogP contribution is -2.36. The third-order valence-electron chi connectivity index (χ3n) is 3.71. The molecular weight excluding hydrogens is 228 g/mol. The van der Waals surface area contributed by atoms with Crippen molar-refractivity contribution in [2.45, 2.75) is 63.5 Å². The van der Waals surface area contributed by atoms with Gasteiger partial charge in [0.15, 0.2) is 0 Å². The highest BCUT2D eigenvalue weighted by atomic mass is 16.3. The quantitative estimate of drug-likeness (QED) is 0.747. The third kappa shape index (κ3) is 3.78. The molecule has 1 aliphatic carbocycles. The Labute approximate surface area is 108 Å². The molecule has 1 aromatic heterocycles. The summed E-state index contributed by atoms with van der Waals surface area (Å²) in [6, 6.07) is 0. The van der Waals surface area contributed by atoms with Crippen molar-refractivity contribution in [3.63, 3.8) is 0 Å². The molecule has 0 aromatic carbocycles. The second-order valence-corrected chi connectivity index (χ2v) is 5.44. The maximum Gasteiger partial charge on any atom is 0.0843 e. The number of unbranched alkanes of at least 4 members (excludes halogenated alkanes) is 1. The Kier molecular flexibility index (Phi) is 4.72. The molecule has 3 N–H and O–H groups in total. The maximum absolute atomic E-state index is 10.4. The summed E-state index contributed by atoms with van der Waals surface area (Å²) in [6.07, 6.45) is 10.2. The van der Waals surface area contributed by atoms with Crippen LogP contribution in [0.4, 0.5) is 0 Å². The molecule has 1 fully saturated rings. The molecule has 2 rings (SSSR count). The molecule has 1 aromatic rings. The number of aromatic nitrogens is 3. The molecular formula is C13H24N4O. The predicted octanol–water partition coefficient (Wildman–Crippen LogP) is 1.25. The van der Waals surface area contributed by atoms with Crippen molar-refractivity contribution in [1.82, 2.24) is 15.0 Å². The lowest BCUT2D eigenvalue weighted by Gasteiger charge is -2.31. The molecule has 0 aliphatic heterocycles. The zero-order valence-corrected chi connectivity index (χ0v) is 11.0. The van der Waals surface area contributed by atoms with Gasteiger partial charge in [-0.1, -0.05) is 24.5 Å². The lowest BCUT2D eigenvalue weighted by atomic mass is 9.85. The third-order valence-corrected chi connectivity index (χ3v) is 3.71. The first kappa shape index (κ1) is 13.5. The van der Waals surface area contributed by atoms with Gasteiger partial charge in [0.25, 0.3) is 0 Å². The molecule has 1 aliphatic rings. The summed E-state index contributed by atoms with van der Waals surface area (Å²) in [5, 5.41) is 18.7. The van der Waals surface area contributed by atoms with Gasteiger partial charge in [-0.15, -0.1) is 5.10 Å². The van der Waals surface area contributed by atoms with E-state index in [1.807, 2.05) is 6.20 Å². The summed E-state index contributed by atoms with van der Waals surface area (Å²) in [4.78, 5) is 0. The summed E-state index contributed by atoms with van der Waals surface area (Å²) in [5.41, 5.74) is 5.90. The van der Waals surface area contributed by atoms with Crippen molar-refractivity contribution < 1.29 is 5.11 Å². The Morgan fingerprint density at radius 1 is 1.28 bits per heavy atom. The largest absolute Gasteiger partial charge is 0.388 e. The minimum absolute atomic E-state index is 0.569. The van der Waals surface area contributed by atoms with E-state index in [4.69, 9.17) is 5.73 Å². The fraction of sp³-hybridized carbons (Fsp3) is 0.846. The van der Waals surface area contributed by atoms with Crippen LogP contribution in [-0.4, -0.2) is 32.2 Å². The monoisotopic (exact) mass is 252 g/mol. The van der Waals surface area contributed by atoms with Crippen LogP contribution in [0.5, 0.6) is 0 Å². The van der Waals surface area contributed by atoms with Crippen LogP contribution in [0.2, 0.25) is 0 Å². The van der Waals surface area contributed by atoms with Gasteiger partial charge >= 0.3 is 0 Å². The smallest absolute Gasteiger partial charge is 0.0843 e. The van der Waals surface area contributed by atoms with Gasteiger partial charge in [-0.2, -0.15) is 0 Å². The molecule has 102 valence electrons. The molecule has 1 saturated carbocycles. The highest BCUT2D eigenvalue weighted by Crippen LogP contribution is 2.29. The van der Waals surface area contributed by atoms with Crippen LogP contribution < -0.4 is 5.73 Å². The maximum atomic E-state index is 10.4. The molecule has 18 heavy (non-hydrogen) atoms. The van der Waals surface area contributed by atoms with Crippen molar-refractivity contribution in [1.29, 1.82) is 0 Å². The number of aliphatic hydroxyl groups is 1. The highest BCUT2D eigenvalue weighted by Gasteiger charge is 2.29. The normalized spacial score (nSPS) is 19.0. The van der Waals surface area contributed by atoms with E-state index in [-0.39, 0.29) is 0 Å². The van der Waals surface area contributed by atoms with Crippen LogP contribution >= 0.6 is 0 Å². The first-order chi connectivity index (χ1) is 8.72. The lowest BCUT2D eigenvalue weighted by molar-refractivity contribution is -0.0146. The molecule has 5 nitrogen and oxygen atoms in total. The summed E-state index contributed by atoms with van der Waals surface area (Å²) in [7, 11) is 0. The predicted molar refractivity (Wildman–Crippen MR) is 70.0 cm³/mol. The molecule has 0 bridgehead atoms. The number of hydrogen-bond donors (Lipinski definition) is 2. The summed E-state index contributed by atoms with van der Waals surface area (Å²) >= 11 is 0. The Morgan fingerprint density at radius 3 is 2.78 bits per heavy atom. The van der Waals surface area contributed by atoms with Crippen LogP contribution in [-0.2, 0) is 13.0 Å². The van der Waals surface area contributed by atoms with Gasteiger partial charge in [0.2, 0.25) is 0 Å². The average Bonchev–Trinajstić information content (AvgIpc) is 2.77. The van der Waals surface area contributed by atoms with Crippen LogP contribution in [0.25, 0.3) is 0 Å². The Hall–Kier alpha value is -0.940. The fourth-order valence-corrected chi connectivity index (χ4v) is 2.65. The highest BCUT2D eigenvalue weighted by molar-refractivity contribution is 4.94. The average molecular weight is 252 g/mol. The van der Waals surface area contributed by atoms with Crippen molar-refractivity contribution >= 4 is 0 Å². The Morgan fingerprint density at radius 2 is 2.06 bits per heavy atom. The minimum Gasteiger partial charge on any atom is -0.388 e. The second kappa shape index (κ2) is 6.29. The van der Waals surface area contributed by atoms with Gasteiger partial charge in [0.1, 0.15) is 0 Å². The SMILES string of the molecule is NCCCCc1cn(CC2(O)CCCCC2)nn1. The first-order valence-electron chi connectivity index (χ1n) is 7.03. The van der Waals surface area contributed by atoms with E-state index in [0.717, 1.165) is 57.2 Å². The molecule has 0 radical (unpaired) electrons. The molecule has 0 amide bonds. The van der Waals surface area contributed by atoms with Crippen LogP contribution in [0.1, 0.15) is 50.6 Å². The number of nitrogens with zero attached hydrogens (tertiary/aromatic N) is 3. The second-order valence-electron chi connectivity index (χ2n) is 5.44. The van der Waals surface area contributed by atoms with E-state index in [9.17, 15) is 5.11 Å². The number of hydrogen-bond acceptors (Lipinski definition) is 4. The fourth-order valence-electron chi connectivity index (χ4n) is 2.65. The first-order valence-corrected chi connectivity index (χ1v) is 7.03. The van der Waals surface area contributed by atoms with E-state index in [1.165, 1.54) is 6.42 Å². The molecule has 0 unspecified atom stereocenters. The molecule has 0 saturated heterocycles. The van der Waals surface area contributed by atoms with Gasteiger partial charge in [-0.3, -0.25) is 0 Å². The van der Waals surface area contributed by atoms with Gasteiger partial charge in [-0.05, 0) is 38.6 Å². The molecule has 0 spiro atoms. The van der Waals surface area contributed by atoms with Gasteiger partial charge in [-0.25, -0.2) is 4.68 Å². The van der Waals surface area contributed by atoms with Crippen molar-refractivity contribution in [3.8, 4) is 0 Å². The van der Waals surface area contributed by atoms with E-state index < -0.39 is 5.60 Å². The molecule has 1 heterocycles. The number of aryl methyl sites for hydroxylation is 1. The van der Waals surface area contributed by atoms with Gasteiger partial charge < -0.3 is 10.8 Å². The van der Waals surface area contributed by atoms with Crippen LogP contribution in [0, 0.1) is 0 Å². The Balaban J connectivity index is 1.85. The van der Waals surface area contributed by atoms with Gasteiger partial charge in [0.05, 0.1) is 17.8 Å². The summed E-state index contributed by atoms with van der Waals surface area (Å²) in [6.45, 7) is 1.31. The molecule has 5 heteroatoms. The van der Waals surface area contributed by atoms with Crippen molar-refractivity contribution in [2.24, 2.45) is 5.73 Å². The summed E-state index contributed by atoms with van der Waals surface area (Å²) < 4.78 is 1.79. The Bertz CT molecular complexity index is 358. The van der Waals surface area contributed by atoms with E-state index in [0.29, 0.717) is 6.54 Å². The van der Waals surface area contributed by atoms with E-state index in [2.05, 4.69) is 10.3 Å². The van der Waals surface area contributed by atoms with Crippen LogP contribution in [0.15, 0.2) is 6.20 Å². The van der Waals surface area contributed by atoms with Crippen molar-refractivity contribution in [3.05, 3.63) is 11.9 Å². The topological polar surface area (TPSA) is 77.0 Å². The minimum atomic E-state index is -0.569. The van der Waals surface area contributed by atoms with E-state index in [1.54, 1.807) is 4.68 Å². The number of nitrogens with two attached hydrogens (primary N) is 1. The van der Waals surface area contributed by atoms with Crippen molar-refractivity contribution in [2.75, 3.05) is 6.54 Å². The van der Waals surface area contributed by atoms with Crippen LogP contribution in [0.3, 0.4) is 0 Å².